The first-order valence-electron chi connectivity index (χ1n) is 3.65. The molecule has 0 heterocycles. The van der Waals surface area contributed by atoms with Crippen molar-refractivity contribution in [1.82, 2.24) is 0 Å². The molecule has 3 nitrogen and oxygen atoms in total. The molecule has 0 amide bonds. The highest BCUT2D eigenvalue weighted by Crippen LogP contribution is 2.04. The molecule has 1 aromatic carbocycles. The van der Waals surface area contributed by atoms with Crippen LogP contribution < -0.4 is 5.73 Å². The van der Waals surface area contributed by atoms with Gasteiger partial charge in [0.15, 0.2) is 0 Å². The van der Waals surface area contributed by atoms with Gasteiger partial charge in [-0.2, -0.15) is 0 Å². The molecule has 0 atom stereocenters. The number of hydrogen-bond acceptors (Lipinski definition) is 3. The first-order valence-corrected chi connectivity index (χ1v) is 3.65. The monoisotopic (exact) mass is 237 g/mol. The molecule has 0 saturated heterocycles. The highest BCUT2D eigenvalue weighted by molar-refractivity contribution is 5.89. The Hall–Kier alpha value is -0.770. The van der Waals surface area contributed by atoms with Gasteiger partial charge in [0.25, 0.3) is 0 Å². The number of ether oxygens (including phenoxy) is 1. The third kappa shape index (κ3) is 3.96. The number of hydrogen-bond donors (Lipinski definition) is 1. The van der Waals surface area contributed by atoms with Crippen molar-refractivity contribution >= 4 is 30.8 Å². The van der Waals surface area contributed by atoms with Crippen LogP contribution in [0.15, 0.2) is 24.3 Å². The van der Waals surface area contributed by atoms with Crippen LogP contribution in [-0.2, 0) is 11.3 Å². The normalized spacial score (nSPS) is 8.14. The second kappa shape index (κ2) is 7.62. The van der Waals surface area contributed by atoms with Gasteiger partial charge >= 0.3 is 5.97 Å². The van der Waals surface area contributed by atoms with Crippen LogP contribution in [0.3, 0.4) is 0 Å². The van der Waals surface area contributed by atoms with Gasteiger partial charge in [0.2, 0.25) is 0 Å². The Morgan fingerprint density at radius 1 is 1.29 bits per heavy atom. The van der Waals surface area contributed by atoms with E-state index < -0.39 is 0 Å². The van der Waals surface area contributed by atoms with Gasteiger partial charge in [-0.05, 0) is 17.7 Å². The zero-order chi connectivity index (χ0) is 8.97. The third-order valence-electron chi connectivity index (χ3n) is 1.61. The molecule has 0 saturated carbocycles. The molecule has 0 aliphatic heterocycles. The lowest BCUT2D eigenvalue weighted by Crippen LogP contribution is -2.02. The Bertz CT molecular complexity index is 275. The van der Waals surface area contributed by atoms with Gasteiger partial charge in [0, 0.05) is 6.54 Å². The predicted octanol–water partition coefficient (Wildman–Crippen LogP) is 1.78. The smallest absolute Gasteiger partial charge is 0.337 e. The number of methoxy groups -OCH3 is 1. The summed E-state index contributed by atoms with van der Waals surface area (Å²) in [6.07, 6.45) is 0. The molecule has 5 heteroatoms. The summed E-state index contributed by atoms with van der Waals surface area (Å²) >= 11 is 0. The van der Waals surface area contributed by atoms with Crippen LogP contribution in [0.2, 0.25) is 0 Å². The Kier molecular flexibility index (Phi) is 8.54. The number of rotatable bonds is 2. The first kappa shape index (κ1) is 15.7. The molecule has 1 rings (SSSR count). The average Bonchev–Trinajstić information content (AvgIpc) is 2.17. The predicted molar refractivity (Wildman–Crippen MR) is 60.2 cm³/mol. The fourth-order valence-electron chi connectivity index (χ4n) is 0.895. The van der Waals surface area contributed by atoms with Gasteiger partial charge in [-0.3, -0.25) is 0 Å². The molecular formula is C9H13Cl2NO2. The van der Waals surface area contributed by atoms with Crippen molar-refractivity contribution in [3.63, 3.8) is 0 Å². The molecule has 0 aromatic heterocycles. The molecule has 0 aliphatic carbocycles. The summed E-state index contributed by atoms with van der Waals surface area (Å²) in [6.45, 7) is 0.488. The Labute approximate surface area is 95.4 Å². The van der Waals surface area contributed by atoms with Gasteiger partial charge in [0.1, 0.15) is 0 Å². The van der Waals surface area contributed by atoms with Crippen molar-refractivity contribution in [3.05, 3.63) is 35.4 Å². The highest BCUT2D eigenvalue weighted by atomic mass is 35.5. The lowest BCUT2D eigenvalue weighted by Gasteiger charge is -1.99. The molecule has 2 N–H and O–H groups in total. The van der Waals surface area contributed by atoms with E-state index in [2.05, 4.69) is 4.74 Å². The van der Waals surface area contributed by atoms with Gasteiger partial charge in [-0.25, -0.2) is 4.79 Å². The van der Waals surface area contributed by atoms with E-state index in [1.807, 2.05) is 12.1 Å². The number of esters is 1. The van der Waals surface area contributed by atoms with Gasteiger partial charge < -0.3 is 10.5 Å². The maximum atomic E-state index is 11.0. The summed E-state index contributed by atoms with van der Waals surface area (Å²) in [7, 11) is 1.36. The van der Waals surface area contributed by atoms with Crippen LogP contribution in [0, 0.1) is 0 Å². The number of carbonyl (C=O) groups excluding carboxylic acids is 1. The topological polar surface area (TPSA) is 52.3 Å². The van der Waals surface area contributed by atoms with Crippen molar-refractivity contribution < 1.29 is 9.53 Å². The maximum absolute atomic E-state index is 11.0. The summed E-state index contributed by atoms with van der Waals surface area (Å²) in [6, 6.07) is 7.03. The zero-order valence-corrected chi connectivity index (χ0v) is 9.36. The number of halogens is 2. The second-order valence-electron chi connectivity index (χ2n) is 2.39. The number of benzene rings is 1. The largest absolute Gasteiger partial charge is 0.465 e. The minimum absolute atomic E-state index is 0. The molecule has 0 aliphatic rings. The molecule has 0 fully saturated rings. The van der Waals surface area contributed by atoms with Crippen LogP contribution in [0.5, 0.6) is 0 Å². The van der Waals surface area contributed by atoms with E-state index in [1.54, 1.807) is 12.1 Å². The molecule has 0 unspecified atom stereocenters. The SMILES string of the molecule is COC(=O)c1ccc(CN)cc1.Cl.Cl. The van der Waals surface area contributed by atoms with Gasteiger partial charge in [0.05, 0.1) is 12.7 Å². The van der Waals surface area contributed by atoms with Gasteiger partial charge in [-0.1, -0.05) is 12.1 Å². The van der Waals surface area contributed by atoms with Crippen LogP contribution in [0.1, 0.15) is 15.9 Å². The van der Waals surface area contributed by atoms with E-state index >= 15 is 0 Å². The third-order valence-corrected chi connectivity index (χ3v) is 1.61. The van der Waals surface area contributed by atoms with E-state index in [0.29, 0.717) is 12.1 Å². The molecule has 0 radical (unpaired) electrons. The second-order valence-corrected chi connectivity index (χ2v) is 2.39. The highest BCUT2D eigenvalue weighted by Gasteiger charge is 2.02. The van der Waals surface area contributed by atoms with E-state index in [4.69, 9.17) is 5.73 Å². The lowest BCUT2D eigenvalue weighted by molar-refractivity contribution is 0.0600. The minimum Gasteiger partial charge on any atom is -0.465 e. The number of nitrogens with two attached hydrogens (primary N) is 1. The van der Waals surface area contributed by atoms with Crippen LogP contribution >= 0.6 is 24.8 Å². The summed E-state index contributed by atoms with van der Waals surface area (Å²) < 4.78 is 4.54. The summed E-state index contributed by atoms with van der Waals surface area (Å²) in [4.78, 5) is 11.0. The maximum Gasteiger partial charge on any atom is 0.337 e. The standard InChI is InChI=1S/C9H11NO2.2ClH/c1-12-9(11)8-4-2-7(6-10)3-5-8;;/h2-5H,6,10H2,1H3;2*1H. The fourth-order valence-corrected chi connectivity index (χ4v) is 0.895. The van der Waals surface area contributed by atoms with Crippen molar-refractivity contribution in [2.24, 2.45) is 5.73 Å². The Morgan fingerprint density at radius 2 is 1.79 bits per heavy atom. The minimum atomic E-state index is -0.321. The quantitative estimate of drug-likeness (QED) is 0.799. The molecule has 0 spiro atoms. The molecular weight excluding hydrogens is 225 g/mol. The van der Waals surface area contributed by atoms with Crippen molar-refractivity contribution in [2.45, 2.75) is 6.54 Å². The summed E-state index contributed by atoms with van der Waals surface area (Å²) in [5, 5.41) is 0. The first-order chi connectivity index (χ1) is 5.77. The lowest BCUT2D eigenvalue weighted by atomic mass is 10.1. The van der Waals surface area contributed by atoms with E-state index in [9.17, 15) is 4.79 Å². The molecule has 0 bridgehead atoms. The van der Waals surface area contributed by atoms with Crippen molar-refractivity contribution in [3.8, 4) is 0 Å². The molecule has 14 heavy (non-hydrogen) atoms. The van der Waals surface area contributed by atoms with Crippen LogP contribution in [0.25, 0.3) is 0 Å². The Balaban J connectivity index is 0. The van der Waals surface area contributed by atoms with Gasteiger partial charge in [-0.15, -0.1) is 24.8 Å². The number of carbonyl (C=O) groups is 1. The molecule has 80 valence electrons. The molecule has 1 aromatic rings. The van der Waals surface area contributed by atoms with Crippen LogP contribution in [0.4, 0.5) is 0 Å². The summed E-state index contributed by atoms with van der Waals surface area (Å²) in [5.74, 6) is -0.321. The zero-order valence-electron chi connectivity index (χ0n) is 7.73. The van der Waals surface area contributed by atoms with Crippen LogP contribution in [-0.4, -0.2) is 13.1 Å². The van der Waals surface area contributed by atoms with E-state index in [-0.39, 0.29) is 30.8 Å². The average molecular weight is 238 g/mol. The summed E-state index contributed by atoms with van der Waals surface area (Å²) in [5.41, 5.74) is 6.95. The van der Waals surface area contributed by atoms with E-state index in [0.717, 1.165) is 5.56 Å². The fraction of sp³-hybridized carbons (Fsp3) is 0.222. The Morgan fingerprint density at radius 3 is 2.14 bits per heavy atom. The van der Waals surface area contributed by atoms with Crippen molar-refractivity contribution in [1.29, 1.82) is 0 Å². The van der Waals surface area contributed by atoms with E-state index in [1.165, 1.54) is 7.11 Å². The van der Waals surface area contributed by atoms with Crippen molar-refractivity contribution in [2.75, 3.05) is 7.11 Å².